The van der Waals surface area contributed by atoms with Gasteiger partial charge in [0.25, 0.3) is 5.56 Å². The Morgan fingerprint density at radius 1 is 1.27 bits per heavy atom. The molecule has 0 saturated carbocycles. The van der Waals surface area contributed by atoms with Crippen LogP contribution in [0.5, 0.6) is 0 Å². The van der Waals surface area contributed by atoms with Gasteiger partial charge in [0.05, 0.1) is 17.9 Å². The van der Waals surface area contributed by atoms with Crippen molar-refractivity contribution in [3.05, 3.63) is 77.1 Å². The number of fused-ring (bicyclic) bond motifs is 1. The van der Waals surface area contributed by atoms with E-state index < -0.39 is 11.9 Å². The van der Waals surface area contributed by atoms with E-state index in [4.69, 9.17) is 0 Å². The molecule has 30 heavy (non-hydrogen) atoms. The van der Waals surface area contributed by atoms with Crippen LogP contribution in [-0.2, 0) is 7.05 Å². The van der Waals surface area contributed by atoms with Gasteiger partial charge in [0, 0.05) is 48.5 Å². The summed E-state index contributed by atoms with van der Waals surface area (Å²) in [5.41, 5.74) is 2.36. The van der Waals surface area contributed by atoms with E-state index in [-0.39, 0.29) is 11.2 Å². The summed E-state index contributed by atoms with van der Waals surface area (Å²) in [6.45, 7) is 7.12. The van der Waals surface area contributed by atoms with Crippen molar-refractivity contribution >= 4 is 17.5 Å². The van der Waals surface area contributed by atoms with Crippen LogP contribution in [0.1, 0.15) is 24.4 Å². The van der Waals surface area contributed by atoms with E-state index in [0.29, 0.717) is 22.6 Å². The number of hydrogen-bond acceptors (Lipinski definition) is 5. The molecule has 0 unspecified atom stereocenters. The maximum atomic E-state index is 14.7. The first kappa shape index (κ1) is 19.4. The molecule has 4 heterocycles. The lowest BCUT2D eigenvalue weighted by Crippen LogP contribution is -2.26. The molecule has 0 aromatic carbocycles. The van der Waals surface area contributed by atoms with Crippen LogP contribution >= 0.6 is 0 Å². The second-order valence-electron chi connectivity index (χ2n) is 6.96. The molecule has 0 aliphatic carbocycles. The van der Waals surface area contributed by atoms with E-state index in [1.54, 1.807) is 60.0 Å². The van der Waals surface area contributed by atoms with E-state index in [0.717, 1.165) is 5.56 Å². The average molecular weight is 405 g/mol. The summed E-state index contributed by atoms with van der Waals surface area (Å²) in [7, 11) is 1.79. The largest absolute Gasteiger partial charge is 0.305 e. The van der Waals surface area contributed by atoms with Crippen LogP contribution in [0, 0.1) is 12.7 Å². The second-order valence-corrected chi connectivity index (χ2v) is 6.96. The highest BCUT2D eigenvalue weighted by molar-refractivity contribution is 5.74. The van der Waals surface area contributed by atoms with Crippen LogP contribution in [0.15, 0.2) is 59.4 Å². The standard InChI is InChI=1S/C21H20FN7O/c1-5-7-23-18-6-8-28(21(30)13(18)2)14(3)19-25-26-20-17(22)9-15(12-29(19)20)16-10-24-27(4)11-16/h5-12,14H,1H2,2-4H3/t14-/m1/s1. The van der Waals surface area contributed by atoms with E-state index in [2.05, 4.69) is 26.9 Å². The van der Waals surface area contributed by atoms with Crippen molar-refractivity contribution < 1.29 is 4.39 Å². The fraction of sp³-hybridized carbons (Fsp3) is 0.190. The smallest absolute Gasteiger partial charge is 0.256 e. The van der Waals surface area contributed by atoms with Gasteiger partial charge in [0.15, 0.2) is 17.3 Å². The zero-order valence-electron chi connectivity index (χ0n) is 16.8. The molecule has 0 spiro atoms. The molecule has 0 aliphatic rings. The molecule has 0 saturated heterocycles. The molecule has 0 N–H and O–H groups in total. The predicted octanol–water partition coefficient (Wildman–Crippen LogP) is 3.24. The van der Waals surface area contributed by atoms with E-state index in [9.17, 15) is 9.18 Å². The minimum absolute atomic E-state index is 0.0986. The van der Waals surface area contributed by atoms with Gasteiger partial charge in [0.2, 0.25) is 0 Å². The first-order chi connectivity index (χ1) is 14.4. The lowest BCUT2D eigenvalue weighted by atomic mass is 10.1. The summed E-state index contributed by atoms with van der Waals surface area (Å²) in [6, 6.07) is 2.67. The summed E-state index contributed by atoms with van der Waals surface area (Å²) >= 11 is 0. The van der Waals surface area contributed by atoms with Gasteiger partial charge in [0.1, 0.15) is 0 Å². The molecule has 1 atom stereocenters. The van der Waals surface area contributed by atoms with Gasteiger partial charge in [-0.1, -0.05) is 12.7 Å². The normalized spacial score (nSPS) is 12.7. The number of pyridine rings is 2. The van der Waals surface area contributed by atoms with Gasteiger partial charge in [-0.3, -0.25) is 18.9 Å². The van der Waals surface area contributed by atoms with Crippen LogP contribution in [0.25, 0.3) is 16.8 Å². The summed E-state index contributed by atoms with van der Waals surface area (Å²) in [5, 5.41) is 12.3. The van der Waals surface area contributed by atoms with Crippen LogP contribution in [-0.4, -0.2) is 35.2 Å². The average Bonchev–Trinajstić information content (AvgIpc) is 3.35. The van der Waals surface area contributed by atoms with E-state index in [1.165, 1.54) is 16.8 Å². The third-order valence-electron chi connectivity index (χ3n) is 4.97. The number of nitrogens with zero attached hydrogens (tertiary/aromatic N) is 7. The van der Waals surface area contributed by atoms with Crippen molar-refractivity contribution in [3.63, 3.8) is 0 Å². The monoisotopic (exact) mass is 405 g/mol. The third-order valence-corrected chi connectivity index (χ3v) is 4.97. The minimum Gasteiger partial charge on any atom is -0.305 e. The zero-order valence-corrected chi connectivity index (χ0v) is 16.8. The molecule has 4 aromatic rings. The van der Waals surface area contributed by atoms with Gasteiger partial charge in [-0.25, -0.2) is 4.39 Å². The Morgan fingerprint density at radius 2 is 2.07 bits per heavy atom. The molecule has 0 bridgehead atoms. The van der Waals surface area contributed by atoms with Crippen molar-refractivity contribution in [2.45, 2.75) is 19.9 Å². The fourth-order valence-electron chi connectivity index (χ4n) is 3.33. The van der Waals surface area contributed by atoms with Gasteiger partial charge >= 0.3 is 0 Å². The van der Waals surface area contributed by atoms with Crippen molar-refractivity contribution in [2.24, 2.45) is 12.0 Å². The van der Waals surface area contributed by atoms with Crippen molar-refractivity contribution in [1.82, 2.24) is 28.9 Å². The molecule has 8 nitrogen and oxygen atoms in total. The van der Waals surface area contributed by atoms with Gasteiger partial charge in [-0.2, -0.15) is 5.10 Å². The highest BCUT2D eigenvalue weighted by Crippen LogP contribution is 2.25. The van der Waals surface area contributed by atoms with Crippen molar-refractivity contribution in [2.75, 3.05) is 0 Å². The van der Waals surface area contributed by atoms with Crippen LogP contribution in [0.2, 0.25) is 0 Å². The minimum atomic E-state index is -0.500. The van der Waals surface area contributed by atoms with Gasteiger partial charge in [-0.05, 0) is 26.0 Å². The Morgan fingerprint density at radius 3 is 2.77 bits per heavy atom. The van der Waals surface area contributed by atoms with Crippen molar-refractivity contribution in [1.29, 1.82) is 0 Å². The summed E-state index contributed by atoms with van der Waals surface area (Å²) in [4.78, 5) is 17.1. The molecule has 0 amide bonds. The molecule has 4 aromatic heterocycles. The highest BCUT2D eigenvalue weighted by atomic mass is 19.1. The SMILES string of the molecule is C=CC=Nc1ccn([C@H](C)c2nnc3c(F)cc(-c4cnn(C)c4)cn23)c(=O)c1C. The maximum absolute atomic E-state index is 14.7. The van der Waals surface area contributed by atoms with E-state index in [1.807, 2.05) is 6.92 Å². The van der Waals surface area contributed by atoms with Crippen molar-refractivity contribution in [3.8, 4) is 11.1 Å². The Bertz CT molecular complexity index is 1350. The number of aliphatic imine (C=N–C) groups is 1. The summed E-state index contributed by atoms with van der Waals surface area (Å²) in [5.74, 6) is -0.0570. The molecular weight excluding hydrogens is 385 g/mol. The zero-order chi connectivity index (χ0) is 21.4. The lowest BCUT2D eigenvalue weighted by molar-refractivity contribution is 0.570. The van der Waals surface area contributed by atoms with Crippen LogP contribution < -0.4 is 5.56 Å². The maximum Gasteiger partial charge on any atom is 0.256 e. The number of hydrogen-bond donors (Lipinski definition) is 0. The topological polar surface area (TPSA) is 82.4 Å². The lowest BCUT2D eigenvalue weighted by Gasteiger charge is -2.15. The summed E-state index contributed by atoms with van der Waals surface area (Å²) in [6.07, 6.45) is 9.93. The first-order valence-corrected chi connectivity index (χ1v) is 9.30. The Balaban J connectivity index is 1.82. The number of rotatable bonds is 5. The van der Waals surface area contributed by atoms with E-state index >= 15 is 0 Å². The quantitative estimate of drug-likeness (QED) is 0.477. The van der Waals surface area contributed by atoms with Gasteiger partial charge in [-0.15, -0.1) is 10.2 Å². The molecular formula is C21H20FN7O. The number of allylic oxidation sites excluding steroid dienone is 1. The first-order valence-electron chi connectivity index (χ1n) is 9.30. The number of aryl methyl sites for hydroxylation is 1. The highest BCUT2D eigenvalue weighted by Gasteiger charge is 2.20. The van der Waals surface area contributed by atoms with Crippen LogP contribution in [0.3, 0.4) is 0 Å². The third kappa shape index (κ3) is 3.24. The number of aromatic nitrogens is 6. The Kier molecular flexibility index (Phi) is 4.86. The second kappa shape index (κ2) is 7.51. The van der Waals surface area contributed by atoms with Crippen LogP contribution in [0.4, 0.5) is 10.1 Å². The predicted molar refractivity (Wildman–Crippen MR) is 113 cm³/mol. The Labute approximate surface area is 171 Å². The molecule has 9 heteroatoms. The molecule has 0 fully saturated rings. The molecule has 152 valence electrons. The Hall–Kier alpha value is -3.88. The molecule has 4 rings (SSSR count). The fourth-order valence-corrected chi connectivity index (χ4v) is 3.33. The van der Waals surface area contributed by atoms with Gasteiger partial charge < -0.3 is 4.57 Å². The summed E-state index contributed by atoms with van der Waals surface area (Å²) < 4.78 is 19.4. The molecule has 0 aliphatic heterocycles. The molecule has 0 radical (unpaired) electrons. The number of halogens is 1.